The Bertz CT molecular complexity index is 510. The minimum Gasteiger partial charge on any atom is -0.381 e. The Hall–Kier alpha value is -1.06. The average molecular weight is 310 g/mol. The van der Waals surface area contributed by atoms with Crippen molar-refractivity contribution in [3.63, 3.8) is 0 Å². The smallest absolute Gasteiger partial charge is 0.160 e. The van der Waals surface area contributed by atoms with Gasteiger partial charge in [-0.15, -0.1) is 0 Å². The summed E-state index contributed by atoms with van der Waals surface area (Å²) in [6.45, 7) is 8.39. The van der Waals surface area contributed by atoms with Crippen molar-refractivity contribution in [2.75, 3.05) is 24.7 Å². The Morgan fingerprint density at radius 2 is 2.05 bits per heavy atom. The molecule has 0 unspecified atom stereocenters. The van der Waals surface area contributed by atoms with E-state index < -0.39 is 0 Å². The normalized spacial score (nSPS) is 16.0. The Balaban J connectivity index is 2.41. The molecule has 21 heavy (non-hydrogen) atoms. The number of nitrogens with zero attached hydrogens (tertiary/aromatic N) is 1. The number of benzene rings is 1. The van der Waals surface area contributed by atoms with E-state index in [0.717, 1.165) is 55.8 Å². The highest BCUT2D eigenvalue weighted by Gasteiger charge is 2.24. The van der Waals surface area contributed by atoms with Gasteiger partial charge in [-0.05, 0) is 50.8 Å². The molecular formula is C17H24ClNO2. The predicted molar refractivity (Wildman–Crippen MR) is 87.7 cm³/mol. The SMILES string of the molecule is CCCN(c1cc(Cl)cc(C(C)=O)c1C)C1CCOCC1. The molecular weight excluding hydrogens is 286 g/mol. The van der Waals surface area contributed by atoms with E-state index in [2.05, 4.69) is 11.8 Å². The van der Waals surface area contributed by atoms with Crippen LogP contribution in [-0.4, -0.2) is 31.6 Å². The molecule has 1 fully saturated rings. The fraction of sp³-hybridized carbons (Fsp3) is 0.588. The summed E-state index contributed by atoms with van der Waals surface area (Å²) in [5.41, 5.74) is 2.86. The van der Waals surface area contributed by atoms with Gasteiger partial charge in [-0.3, -0.25) is 4.79 Å². The molecule has 0 N–H and O–H groups in total. The molecule has 0 aliphatic carbocycles. The van der Waals surface area contributed by atoms with Gasteiger partial charge in [0.2, 0.25) is 0 Å². The average Bonchev–Trinajstić information content (AvgIpc) is 2.47. The van der Waals surface area contributed by atoms with Gasteiger partial charge in [0, 0.05) is 42.1 Å². The fourth-order valence-electron chi connectivity index (χ4n) is 3.07. The molecule has 4 heteroatoms. The van der Waals surface area contributed by atoms with Crippen molar-refractivity contribution in [3.8, 4) is 0 Å². The molecule has 1 aliphatic rings. The lowest BCUT2D eigenvalue weighted by Gasteiger charge is -2.37. The molecule has 1 aliphatic heterocycles. The number of anilines is 1. The van der Waals surface area contributed by atoms with Crippen LogP contribution in [0.3, 0.4) is 0 Å². The molecule has 0 amide bonds. The Labute approximate surface area is 132 Å². The van der Waals surface area contributed by atoms with E-state index in [9.17, 15) is 4.79 Å². The third kappa shape index (κ3) is 3.78. The second-order valence-corrected chi connectivity index (χ2v) is 6.13. The number of rotatable bonds is 5. The monoisotopic (exact) mass is 309 g/mol. The van der Waals surface area contributed by atoms with Gasteiger partial charge in [-0.1, -0.05) is 18.5 Å². The van der Waals surface area contributed by atoms with Crippen LogP contribution < -0.4 is 4.90 Å². The summed E-state index contributed by atoms with van der Waals surface area (Å²) in [4.78, 5) is 14.2. The van der Waals surface area contributed by atoms with Crippen molar-refractivity contribution in [2.45, 2.75) is 46.1 Å². The lowest BCUT2D eigenvalue weighted by Crippen LogP contribution is -2.40. The van der Waals surface area contributed by atoms with Gasteiger partial charge >= 0.3 is 0 Å². The molecule has 3 nitrogen and oxygen atoms in total. The molecule has 0 aromatic heterocycles. The summed E-state index contributed by atoms with van der Waals surface area (Å²) in [7, 11) is 0. The molecule has 1 aromatic carbocycles. The van der Waals surface area contributed by atoms with Gasteiger partial charge in [0.05, 0.1) is 0 Å². The van der Waals surface area contributed by atoms with Crippen LogP contribution in [0.25, 0.3) is 0 Å². The largest absolute Gasteiger partial charge is 0.381 e. The first-order chi connectivity index (χ1) is 10.0. The summed E-state index contributed by atoms with van der Waals surface area (Å²) < 4.78 is 5.47. The second kappa shape index (κ2) is 7.28. The van der Waals surface area contributed by atoms with Crippen molar-refractivity contribution < 1.29 is 9.53 Å². The topological polar surface area (TPSA) is 29.5 Å². The van der Waals surface area contributed by atoms with Gasteiger partial charge < -0.3 is 9.64 Å². The number of hydrogen-bond acceptors (Lipinski definition) is 3. The zero-order chi connectivity index (χ0) is 15.4. The van der Waals surface area contributed by atoms with Crippen molar-refractivity contribution in [3.05, 3.63) is 28.3 Å². The summed E-state index contributed by atoms with van der Waals surface area (Å²) in [5, 5.41) is 0.633. The number of Topliss-reactive ketones (excluding diaryl/α,β-unsaturated/α-hetero) is 1. The number of carbonyl (C=O) groups excluding carboxylic acids is 1. The van der Waals surface area contributed by atoms with Crippen LogP contribution in [0, 0.1) is 6.92 Å². The molecule has 1 aromatic rings. The lowest BCUT2D eigenvalue weighted by molar-refractivity contribution is 0.0843. The highest BCUT2D eigenvalue weighted by Crippen LogP contribution is 2.32. The maximum Gasteiger partial charge on any atom is 0.160 e. The highest BCUT2D eigenvalue weighted by molar-refractivity contribution is 6.31. The molecule has 1 heterocycles. The number of hydrogen-bond donors (Lipinski definition) is 0. The van der Waals surface area contributed by atoms with Crippen LogP contribution >= 0.6 is 11.6 Å². The Kier molecular flexibility index (Phi) is 5.65. The second-order valence-electron chi connectivity index (χ2n) is 5.69. The maximum atomic E-state index is 11.8. The first kappa shape index (κ1) is 16.3. The first-order valence-electron chi connectivity index (χ1n) is 7.70. The summed E-state index contributed by atoms with van der Waals surface area (Å²) in [6, 6.07) is 4.24. The van der Waals surface area contributed by atoms with Gasteiger partial charge in [0.1, 0.15) is 0 Å². The van der Waals surface area contributed by atoms with E-state index in [1.165, 1.54) is 0 Å². The predicted octanol–water partition coefficient (Wildman–Crippen LogP) is 4.25. The van der Waals surface area contributed by atoms with Crippen LogP contribution in [-0.2, 0) is 4.74 Å². The van der Waals surface area contributed by atoms with Crippen molar-refractivity contribution in [1.82, 2.24) is 0 Å². The summed E-state index contributed by atoms with van der Waals surface area (Å²) >= 11 is 6.25. The zero-order valence-electron chi connectivity index (χ0n) is 13.1. The van der Waals surface area contributed by atoms with Crippen molar-refractivity contribution >= 4 is 23.1 Å². The fourth-order valence-corrected chi connectivity index (χ4v) is 3.28. The Morgan fingerprint density at radius 1 is 1.38 bits per heavy atom. The molecule has 0 bridgehead atoms. The minimum atomic E-state index is 0.0691. The van der Waals surface area contributed by atoms with Crippen LogP contribution in [0.4, 0.5) is 5.69 Å². The van der Waals surface area contributed by atoms with Crippen molar-refractivity contribution in [1.29, 1.82) is 0 Å². The van der Waals surface area contributed by atoms with E-state index in [1.807, 2.05) is 13.0 Å². The van der Waals surface area contributed by atoms with Gasteiger partial charge in [0.15, 0.2) is 5.78 Å². The van der Waals surface area contributed by atoms with Gasteiger partial charge in [-0.2, -0.15) is 0 Å². The van der Waals surface area contributed by atoms with E-state index in [0.29, 0.717) is 11.1 Å². The van der Waals surface area contributed by atoms with Crippen LogP contribution in [0.2, 0.25) is 5.02 Å². The van der Waals surface area contributed by atoms with E-state index >= 15 is 0 Å². The van der Waals surface area contributed by atoms with Crippen LogP contribution in [0.15, 0.2) is 12.1 Å². The zero-order valence-corrected chi connectivity index (χ0v) is 13.9. The third-order valence-electron chi connectivity index (χ3n) is 4.13. The van der Waals surface area contributed by atoms with Gasteiger partial charge in [0.25, 0.3) is 0 Å². The molecule has 0 saturated carbocycles. The quantitative estimate of drug-likeness (QED) is 0.762. The number of ketones is 1. The maximum absolute atomic E-state index is 11.8. The van der Waals surface area contributed by atoms with Gasteiger partial charge in [-0.25, -0.2) is 0 Å². The third-order valence-corrected chi connectivity index (χ3v) is 4.35. The number of ether oxygens (including phenoxy) is 1. The summed E-state index contributed by atoms with van der Waals surface area (Å²) in [5.74, 6) is 0.0691. The molecule has 0 spiro atoms. The first-order valence-corrected chi connectivity index (χ1v) is 8.07. The van der Waals surface area contributed by atoms with E-state index in [4.69, 9.17) is 16.3 Å². The van der Waals surface area contributed by atoms with E-state index in [-0.39, 0.29) is 5.78 Å². The summed E-state index contributed by atoms with van der Waals surface area (Å²) in [6.07, 6.45) is 3.13. The molecule has 2 rings (SSSR count). The highest BCUT2D eigenvalue weighted by atomic mass is 35.5. The van der Waals surface area contributed by atoms with Crippen molar-refractivity contribution in [2.24, 2.45) is 0 Å². The lowest BCUT2D eigenvalue weighted by atomic mass is 9.99. The molecule has 0 radical (unpaired) electrons. The number of halogens is 1. The van der Waals surface area contributed by atoms with Crippen LogP contribution in [0.5, 0.6) is 0 Å². The van der Waals surface area contributed by atoms with E-state index in [1.54, 1.807) is 13.0 Å². The standard InChI is InChI=1S/C17H24ClNO2/c1-4-7-19(15-5-8-21-9-6-15)17-11-14(18)10-16(12(17)2)13(3)20/h10-11,15H,4-9H2,1-3H3. The minimum absolute atomic E-state index is 0.0691. The number of carbonyl (C=O) groups is 1. The molecule has 116 valence electrons. The molecule has 0 atom stereocenters. The Morgan fingerprint density at radius 3 is 2.62 bits per heavy atom. The van der Waals surface area contributed by atoms with Crippen LogP contribution in [0.1, 0.15) is 49.0 Å². The molecule has 1 saturated heterocycles.